The molecule has 0 unspecified atom stereocenters. The molecule has 1 saturated heterocycles. The Bertz CT molecular complexity index is 1410. The average Bonchev–Trinajstić information content (AvgIpc) is 3.46. The Morgan fingerprint density at radius 3 is 2.86 bits per heavy atom. The van der Waals surface area contributed by atoms with Gasteiger partial charge in [0, 0.05) is 30.0 Å². The number of nitrogens with one attached hydrogen (secondary N) is 1. The molecule has 0 radical (unpaired) electrons. The number of carbonyl (C=O) groups is 1. The van der Waals surface area contributed by atoms with Crippen molar-refractivity contribution in [2.24, 2.45) is 5.92 Å². The topological polar surface area (TPSA) is 102 Å². The highest BCUT2D eigenvalue weighted by Crippen LogP contribution is 2.42. The summed E-state index contributed by atoms with van der Waals surface area (Å²) in [7, 11) is 1.64. The Balaban J connectivity index is 1.30. The number of aryl methyl sites for hydroxylation is 1. The quantitative estimate of drug-likeness (QED) is 0.436. The monoisotopic (exact) mass is 510 g/mol. The number of aromatic nitrogens is 4. The summed E-state index contributed by atoms with van der Waals surface area (Å²) in [5.41, 5.74) is 2.86. The van der Waals surface area contributed by atoms with E-state index in [1.54, 1.807) is 24.8 Å². The van der Waals surface area contributed by atoms with E-state index in [4.69, 9.17) is 9.47 Å². The van der Waals surface area contributed by atoms with Crippen LogP contribution in [-0.2, 0) is 22.4 Å². The summed E-state index contributed by atoms with van der Waals surface area (Å²) in [6.07, 6.45) is 4.15. The van der Waals surface area contributed by atoms with Crippen molar-refractivity contribution in [3.63, 3.8) is 0 Å². The molecule has 4 heterocycles. The van der Waals surface area contributed by atoms with Crippen molar-refractivity contribution in [3.8, 4) is 5.75 Å². The molecule has 0 spiro atoms. The molecule has 3 aromatic heterocycles. The van der Waals surface area contributed by atoms with Crippen LogP contribution < -0.4 is 10.1 Å². The summed E-state index contributed by atoms with van der Waals surface area (Å²) in [6, 6.07) is 3.87. The molecule has 1 aromatic carbocycles. The molecular formula is C24H26N6O3S2. The largest absolute Gasteiger partial charge is 0.494 e. The fraction of sp³-hybridized carbons (Fsp3) is 0.458. The molecule has 1 aliphatic heterocycles. The molecule has 2 aliphatic rings. The van der Waals surface area contributed by atoms with Crippen molar-refractivity contribution in [2.45, 2.75) is 45.3 Å². The minimum atomic E-state index is -0.00115. The molecule has 6 rings (SSSR count). The van der Waals surface area contributed by atoms with Gasteiger partial charge in [0.25, 0.3) is 0 Å². The zero-order valence-corrected chi connectivity index (χ0v) is 21.4. The number of thiophene rings is 1. The molecule has 1 N–H and O–H groups in total. The highest BCUT2D eigenvalue weighted by molar-refractivity contribution is 7.19. The molecule has 182 valence electrons. The van der Waals surface area contributed by atoms with Crippen molar-refractivity contribution in [2.75, 3.05) is 25.5 Å². The van der Waals surface area contributed by atoms with Gasteiger partial charge in [-0.15, -0.1) is 16.4 Å². The van der Waals surface area contributed by atoms with Gasteiger partial charge in [-0.25, -0.2) is 9.97 Å². The van der Waals surface area contributed by atoms with Crippen LogP contribution in [0.2, 0.25) is 0 Å². The van der Waals surface area contributed by atoms with Crippen LogP contribution >= 0.6 is 22.9 Å². The number of benzene rings is 1. The Morgan fingerprint density at radius 2 is 2.06 bits per heavy atom. The third-order valence-electron chi connectivity index (χ3n) is 6.75. The summed E-state index contributed by atoms with van der Waals surface area (Å²) in [5.74, 6) is 1.68. The maximum Gasteiger partial charge on any atom is 0.226 e. The van der Waals surface area contributed by atoms with E-state index in [1.807, 2.05) is 30.9 Å². The average molecular weight is 511 g/mol. The number of fused-ring (bicyclic) bond motifs is 4. The van der Waals surface area contributed by atoms with Gasteiger partial charge in [0.1, 0.15) is 28.2 Å². The van der Waals surface area contributed by atoms with Crippen LogP contribution in [0.25, 0.3) is 20.4 Å². The van der Waals surface area contributed by atoms with Gasteiger partial charge in [-0.05, 0) is 56.3 Å². The number of methoxy groups -OCH3 is 1. The summed E-state index contributed by atoms with van der Waals surface area (Å²) in [5, 5.41) is 8.65. The second kappa shape index (κ2) is 8.96. The lowest BCUT2D eigenvalue weighted by Gasteiger charge is -2.37. The number of nitrogens with zero attached hydrogens (tertiary/aromatic N) is 5. The Morgan fingerprint density at radius 1 is 1.23 bits per heavy atom. The molecule has 0 bridgehead atoms. The highest BCUT2D eigenvalue weighted by atomic mass is 32.1. The molecule has 3 atom stereocenters. The van der Waals surface area contributed by atoms with Crippen molar-refractivity contribution >= 4 is 60.7 Å². The number of hydrogen-bond acceptors (Lipinski definition) is 10. The first-order valence-electron chi connectivity index (χ1n) is 11.8. The molecule has 1 amide bonds. The number of ether oxygens (including phenoxy) is 2. The van der Waals surface area contributed by atoms with Crippen molar-refractivity contribution in [1.29, 1.82) is 0 Å². The van der Waals surface area contributed by atoms with Gasteiger partial charge in [0.15, 0.2) is 0 Å². The summed E-state index contributed by atoms with van der Waals surface area (Å²) in [4.78, 5) is 26.6. The van der Waals surface area contributed by atoms with Crippen LogP contribution in [0.1, 0.15) is 30.7 Å². The first-order valence-corrected chi connectivity index (χ1v) is 13.4. The minimum absolute atomic E-state index is 0.00115. The second-order valence-corrected chi connectivity index (χ2v) is 11.1. The van der Waals surface area contributed by atoms with Crippen LogP contribution in [0, 0.1) is 5.92 Å². The minimum Gasteiger partial charge on any atom is -0.494 e. The molecule has 0 saturated carbocycles. The predicted molar refractivity (Wildman–Crippen MR) is 137 cm³/mol. The van der Waals surface area contributed by atoms with E-state index in [0.29, 0.717) is 18.8 Å². The van der Waals surface area contributed by atoms with E-state index < -0.39 is 0 Å². The molecule has 9 nitrogen and oxygen atoms in total. The van der Waals surface area contributed by atoms with E-state index >= 15 is 0 Å². The summed E-state index contributed by atoms with van der Waals surface area (Å²) < 4.78 is 16.4. The van der Waals surface area contributed by atoms with Gasteiger partial charge in [0.2, 0.25) is 5.91 Å². The van der Waals surface area contributed by atoms with Crippen LogP contribution in [0.3, 0.4) is 0 Å². The van der Waals surface area contributed by atoms with Crippen molar-refractivity contribution in [1.82, 2.24) is 24.5 Å². The first-order chi connectivity index (χ1) is 17.0. The van der Waals surface area contributed by atoms with Crippen LogP contribution in [0.4, 0.5) is 11.5 Å². The fourth-order valence-electron chi connectivity index (χ4n) is 5.23. The molecular weight excluding hydrogens is 484 g/mol. The number of morpholine rings is 1. The van der Waals surface area contributed by atoms with Crippen molar-refractivity contribution < 1.29 is 14.3 Å². The van der Waals surface area contributed by atoms with Crippen LogP contribution in [-0.4, -0.2) is 62.8 Å². The number of rotatable bonds is 4. The molecule has 4 aromatic rings. The third kappa shape index (κ3) is 4.11. The lowest BCUT2D eigenvalue weighted by atomic mass is 9.86. The summed E-state index contributed by atoms with van der Waals surface area (Å²) in [6.45, 7) is 5.40. The lowest BCUT2D eigenvalue weighted by molar-refractivity contribution is -0.147. The van der Waals surface area contributed by atoms with Gasteiger partial charge >= 0.3 is 0 Å². The molecule has 1 aliphatic carbocycles. The molecule has 11 heteroatoms. The number of hydrogen-bond donors (Lipinski definition) is 1. The SMILES string of the molecule is COc1cc2nnsc2cc1Nc1ncnc2sc3c(c12)CC[C@H](C(=O)N1C[C@@H](C)O[C@@H](C)C1)C3. The number of amides is 1. The normalized spacial score (nSPS) is 22.4. The van der Waals surface area contributed by atoms with Crippen molar-refractivity contribution in [3.05, 3.63) is 28.9 Å². The van der Waals surface area contributed by atoms with Crippen LogP contribution in [0.15, 0.2) is 18.5 Å². The zero-order valence-electron chi connectivity index (χ0n) is 19.8. The summed E-state index contributed by atoms with van der Waals surface area (Å²) >= 11 is 3.01. The lowest BCUT2D eigenvalue weighted by Crippen LogP contribution is -2.50. The van der Waals surface area contributed by atoms with Gasteiger partial charge in [0.05, 0.1) is 35.1 Å². The van der Waals surface area contributed by atoms with E-state index in [2.05, 4.69) is 24.9 Å². The van der Waals surface area contributed by atoms with Gasteiger partial charge in [-0.2, -0.15) is 0 Å². The first kappa shape index (κ1) is 22.6. The smallest absolute Gasteiger partial charge is 0.226 e. The van der Waals surface area contributed by atoms with Gasteiger partial charge in [-0.1, -0.05) is 4.49 Å². The van der Waals surface area contributed by atoms with E-state index in [-0.39, 0.29) is 24.0 Å². The Kier molecular flexibility index (Phi) is 5.78. The highest BCUT2D eigenvalue weighted by Gasteiger charge is 2.34. The maximum atomic E-state index is 13.3. The number of carbonyl (C=O) groups excluding carboxylic acids is 1. The third-order valence-corrected chi connectivity index (χ3v) is 8.60. The predicted octanol–water partition coefficient (Wildman–Crippen LogP) is 4.19. The number of anilines is 2. The second-order valence-electron chi connectivity index (χ2n) is 9.26. The molecule has 35 heavy (non-hydrogen) atoms. The van der Waals surface area contributed by atoms with E-state index in [9.17, 15) is 4.79 Å². The van der Waals surface area contributed by atoms with E-state index in [1.165, 1.54) is 22.0 Å². The standard InChI is InChI=1S/C24H26N6O3S2/c1-12-9-30(10-13(2)33-12)24(31)14-4-5-15-19(6-14)34-23-21(15)22(25-11-26-23)27-16-8-20-17(28-29-35-20)7-18(16)32-3/h7-8,11-14H,4-6,9-10H2,1-3H3,(H,25,26,27)/t12-,13+,14-/m0/s1. The molecule has 1 fully saturated rings. The Labute approximate surface area is 210 Å². The van der Waals surface area contributed by atoms with E-state index in [0.717, 1.165) is 51.2 Å². The van der Waals surface area contributed by atoms with Gasteiger partial charge in [-0.3, -0.25) is 4.79 Å². The maximum absolute atomic E-state index is 13.3. The van der Waals surface area contributed by atoms with Crippen LogP contribution in [0.5, 0.6) is 5.75 Å². The fourth-order valence-corrected chi connectivity index (χ4v) is 7.08. The van der Waals surface area contributed by atoms with Gasteiger partial charge < -0.3 is 19.7 Å². The Hall–Kier alpha value is -2.89. The zero-order chi connectivity index (χ0) is 24.1.